The summed E-state index contributed by atoms with van der Waals surface area (Å²) in [4.78, 5) is 0. The monoisotopic (exact) mass is 234 g/mol. The van der Waals surface area contributed by atoms with Crippen LogP contribution >= 0.6 is 0 Å². The number of nitrogens with zero attached hydrogens (tertiary/aromatic N) is 2. The second kappa shape index (κ2) is 4.08. The van der Waals surface area contributed by atoms with E-state index in [1.165, 1.54) is 4.68 Å². The minimum absolute atomic E-state index is 0.111. The van der Waals surface area contributed by atoms with E-state index < -0.39 is 17.8 Å². The summed E-state index contributed by atoms with van der Waals surface area (Å²) in [6.07, 6.45) is -0.0986. The Morgan fingerprint density at radius 1 is 1.38 bits per heavy atom. The molecule has 0 aliphatic heterocycles. The molecule has 1 aromatic heterocycles. The minimum atomic E-state index is -4.34. The van der Waals surface area contributed by atoms with Crippen molar-refractivity contribution in [3.63, 3.8) is 0 Å². The lowest BCUT2D eigenvalue weighted by Gasteiger charge is -2.25. The van der Waals surface area contributed by atoms with Gasteiger partial charge < -0.3 is 5.11 Å². The van der Waals surface area contributed by atoms with Gasteiger partial charge in [-0.3, -0.25) is 4.68 Å². The molecule has 90 valence electrons. The molecule has 6 heteroatoms. The molecular weight excluding hydrogens is 221 g/mol. The minimum Gasteiger partial charge on any atom is -0.393 e. The Hall–Kier alpha value is -1.04. The van der Waals surface area contributed by atoms with E-state index in [1.807, 2.05) is 0 Å². The van der Waals surface area contributed by atoms with Crippen LogP contribution in [0.3, 0.4) is 0 Å². The number of aliphatic hydroxyl groups is 1. The number of halogens is 3. The number of alkyl halides is 3. The third-order valence-corrected chi connectivity index (χ3v) is 2.92. The molecule has 1 aliphatic carbocycles. The fraction of sp³-hybridized carbons (Fsp3) is 0.700. The molecule has 0 radical (unpaired) electrons. The molecule has 2 atom stereocenters. The van der Waals surface area contributed by atoms with Crippen LogP contribution in [0.1, 0.15) is 37.3 Å². The summed E-state index contributed by atoms with van der Waals surface area (Å²) < 4.78 is 38.4. The van der Waals surface area contributed by atoms with Crippen molar-refractivity contribution < 1.29 is 18.3 Å². The van der Waals surface area contributed by atoms with Gasteiger partial charge in [-0.25, -0.2) is 0 Å². The van der Waals surface area contributed by atoms with Gasteiger partial charge in [0.2, 0.25) is 0 Å². The van der Waals surface area contributed by atoms with E-state index in [-0.39, 0.29) is 6.04 Å². The van der Waals surface area contributed by atoms with Crippen LogP contribution in [0.2, 0.25) is 0 Å². The van der Waals surface area contributed by atoms with Gasteiger partial charge in [0.25, 0.3) is 0 Å². The summed E-state index contributed by atoms with van der Waals surface area (Å²) >= 11 is 0. The molecule has 0 bridgehead atoms. The van der Waals surface area contributed by atoms with Crippen molar-refractivity contribution in [3.8, 4) is 0 Å². The first kappa shape index (κ1) is 11.4. The lowest BCUT2D eigenvalue weighted by atomic mass is 9.93. The number of rotatable bonds is 1. The van der Waals surface area contributed by atoms with Crippen molar-refractivity contribution in [3.05, 3.63) is 18.0 Å². The Kier molecular flexibility index (Phi) is 2.92. The summed E-state index contributed by atoms with van der Waals surface area (Å²) in [7, 11) is 0. The zero-order valence-corrected chi connectivity index (χ0v) is 8.61. The van der Waals surface area contributed by atoms with E-state index in [0.29, 0.717) is 6.42 Å². The summed E-state index contributed by atoms with van der Waals surface area (Å²) in [6.45, 7) is 0. The predicted octanol–water partition coefficient (Wildman–Crippen LogP) is 2.38. The average molecular weight is 234 g/mol. The molecule has 0 aromatic carbocycles. The molecule has 1 fully saturated rings. The Balaban J connectivity index is 2.12. The van der Waals surface area contributed by atoms with Gasteiger partial charge in [0.05, 0.1) is 23.9 Å². The molecule has 1 saturated carbocycles. The zero-order valence-electron chi connectivity index (χ0n) is 8.61. The highest BCUT2D eigenvalue weighted by molar-refractivity contribution is 5.09. The van der Waals surface area contributed by atoms with Crippen molar-refractivity contribution in [2.45, 2.75) is 44.0 Å². The summed E-state index contributed by atoms with van der Waals surface area (Å²) in [5.41, 5.74) is -0.729. The van der Waals surface area contributed by atoms with Crippen molar-refractivity contribution in [1.82, 2.24) is 9.78 Å². The molecule has 0 saturated heterocycles. The average Bonchev–Trinajstić information content (AvgIpc) is 2.65. The van der Waals surface area contributed by atoms with Crippen molar-refractivity contribution in [1.29, 1.82) is 0 Å². The van der Waals surface area contributed by atoms with Crippen LogP contribution < -0.4 is 0 Å². The van der Waals surface area contributed by atoms with Crippen LogP contribution in [0.4, 0.5) is 13.2 Å². The van der Waals surface area contributed by atoms with Crippen LogP contribution in [-0.2, 0) is 6.18 Å². The lowest BCUT2D eigenvalue weighted by Crippen LogP contribution is -2.22. The van der Waals surface area contributed by atoms with Gasteiger partial charge in [-0.15, -0.1) is 0 Å². The van der Waals surface area contributed by atoms with E-state index in [1.54, 1.807) is 0 Å². The molecule has 0 spiro atoms. The first-order chi connectivity index (χ1) is 7.47. The van der Waals surface area contributed by atoms with Gasteiger partial charge in [-0.1, -0.05) is 0 Å². The quantitative estimate of drug-likeness (QED) is 0.810. The van der Waals surface area contributed by atoms with Gasteiger partial charge in [-0.2, -0.15) is 18.3 Å². The van der Waals surface area contributed by atoms with E-state index >= 15 is 0 Å². The van der Waals surface area contributed by atoms with Crippen molar-refractivity contribution >= 4 is 0 Å². The molecule has 1 aliphatic rings. The van der Waals surface area contributed by atoms with Crippen LogP contribution in [0.25, 0.3) is 0 Å². The second-order valence-corrected chi connectivity index (χ2v) is 4.18. The standard InChI is InChI=1S/C10H13F3N2O/c11-10(12,13)7-5-14-15(6-7)8-2-1-3-9(16)4-8/h5-6,8-9,16H,1-4H2. The molecule has 16 heavy (non-hydrogen) atoms. The van der Waals surface area contributed by atoms with Crippen LogP contribution in [0.15, 0.2) is 12.4 Å². The van der Waals surface area contributed by atoms with Gasteiger partial charge in [0.1, 0.15) is 0 Å². The zero-order chi connectivity index (χ0) is 11.8. The van der Waals surface area contributed by atoms with Crippen molar-refractivity contribution in [2.24, 2.45) is 0 Å². The third-order valence-electron chi connectivity index (χ3n) is 2.92. The normalized spacial score (nSPS) is 27.0. The summed E-state index contributed by atoms with van der Waals surface area (Å²) in [5, 5.41) is 13.2. The topological polar surface area (TPSA) is 38.0 Å². The van der Waals surface area contributed by atoms with Crippen LogP contribution in [0.5, 0.6) is 0 Å². The molecule has 1 aromatic rings. The largest absolute Gasteiger partial charge is 0.419 e. The number of hydrogen-bond donors (Lipinski definition) is 1. The van der Waals surface area contributed by atoms with E-state index in [0.717, 1.165) is 31.7 Å². The predicted molar refractivity (Wildman–Crippen MR) is 50.7 cm³/mol. The maximum Gasteiger partial charge on any atom is 0.419 e. The van der Waals surface area contributed by atoms with Gasteiger partial charge in [-0.05, 0) is 25.7 Å². The first-order valence-corrected chi connectivity index (χ1v) is 5.26. The first-order valence-electron chi connectivity index (χ1n) is 5.26. The van der Waals surface area contributed by atoms with Crippen molar-refractivity contribution in [2.75, 3.05) is 0 Å². The third kappa shape index (κ3) is 2.37. The summed E-state index contributed by atoms with van der Waals surface area (Å²) in [6, 6.07) is -0.111. The molecule has 1 N–H and O–H groups in total. The van der Waals surface area contributed by atoms with Crippen LogP contribution in [0, 0.1) is 0 Å². The molecule has 1 heterocycles. The van der Waals surface area contributed by atoms with Crippen LogP contribution in [-0.4, -0.2) is 21.0 Å². The highest BCUT2D eigenvalue weighted by atomic mass is 19.4. The summed E-state index contributed by atoms with van der Waals surface area (Å²) in [5.74, 6) is 0. The molecular formula is C10H13F3N2O. The Labute approximate surface area is 90.9 Å². The Morgan fingerprint density at radius 3 is 2.69 bits per heavy atom. The SMILES string of the molecule is OC1CCCC(n2cc(C(F)(F)F)cn2)C1. The molecule has 2 unspecified atom stereocenters. The van der Waals surface area contributed by atoms with E-state index in [4.69, 9.17) is 0 Å². The Bertz CT molecular complexity index is 361. The van der Waals surface area contributed by atoms with Gasteiger partial charge >= 0.3 is 6.18 Å². The van der Waals surface area contributed by atoms with Gasteiger partial charge in [0, 0.05) is 6.20 Å². The maximum atomic E-state index is 12.3. The number of aliphatic hydroxyl groups excluding tert-OH is 1. The number of aromatic nitrogens is 2. The molecule has 2 rings (SSSR count). The fourth-order valence-corrected chi connectivity index (χ4v) is 2.06. The highest BCUT2D eigenvalue weighted by Crippen LogP contribution is 2.32. The van der Waals surface area contributed by atoms with E-state index in [2.05, 4.69) is 5.10 Å². The maximum absolute atomic E-state index is 12.3. The second-order valence-electron chi connectivity index (χ2n) is 4.18. The highest BCUT2D eigenvalue weighted by Gasteiger charge is 2.33. The molecule has 3 nitrogen and oxygen atoms in total. The molecule has 0 amide bonds. The smallest absolute Gasteiger partial charge is 0.393 e. The number of hydrogen-bond acceptors (Lipinski definition) is 2. The Morgan fingerprint density at radius 2 is 2.12 bits per heavy atom. The lowest BCUT2D eigenvalue weighted by molar-refractivity contribution is -0.137. The van der Waals surface area contributed by atoms with Gasteiger partial charge in [0.15, 0.2) is 0 Å². The fourth-order valence-electron chi connectivity index (χ4n) is 2.06. The van der Waals surface area contributed by atoms with E-state index in [9.17, 15) is 18.3 Å².